The number of phenols is 2. The Bertz CT molecular complexity index is 1870. The van der Waals surface area contributed by atoms with Crippen LogP contribution in [0.15, 0.2) is 47.9 Å². The van der Waals surface area contributed by atoms with Crippen LogP contribution in [0.5, 0.6) is 11.5 Å². The molecule has 1 saturated heterocycles. The molecule has 12 heteroatoms. The third kappa shape index (κ3) is 4.37. The van der Waals surface area contributed by atoms with Crippen molar-refractivity contribution in [2.45, 2.75) is 32.7 Å². The molecule has 0 bridgehead atoms. The number of piperazine rings is 1. The highest BCUT2D eigenvalue weighted by atomic mass is 35.5. The van der Waals surface area contributed by atoms with E-state index in [2.05, 4.69) is 21.9 Å². The van der Waals surface area contributed by atoms with Gasteiger partial charge < -0.3 is 25.3 Å². The molecule has 6 rings (SSSR count). The predicted molar refractivity (Wildman–Crippen MR) is 164 cm³/mol. The summed E-state index contributed by atoms with van der Waals surface area (Å²) in [5.74, 6) is -1.80. The molecule has 0 spiro atoms. The SMILES string of the molecule is C=CC(=O)N1CCN2c3nc(=O)n(-c4c(C)ccnc4C(C)C)c4c(F)c(-c5c(O)cccc5O)c(Cl)c(c34)NCC2C1. The molecule has 0 saturated carbocycles. The number of rotatable bonds is 4. The maximum atomic E-state index is 17.2. The van der Waals surface area contributed by atoms with Crippen LogP contribution in [0.3, 0.4) is 0 Å². The standard InChI is InChI=1S/C31H30ClFN6O4/c1-5-20(42)37-11-12-38-17(14-37)13-35-27-23-29(25(33)22(24(27)32)21-18(40)7-6-8-19(21)41)39(31(43)36-30(23)38)28-16(4)9-10-34-26(28)15(2)3/h5-10,15,17,35,40-41H,1,11-14H2,2-4H3. The number of halogens is 2. The van der Waals surface area contributed by atoms with Crippen LogP contribution in [0.1, 0.15) is 31.0 Å². The Kier molecular flexibility index (Phi) is 7.00. The van der Waals surface area contributed by atoms with Gasteiger partial charge in [0.05, 0.1) is 39.1 Å². The number of aryl methyl sites for hydroxylation is 1. The molecule has 0 aliphatic carbocycles. The van der Waals surface area contributed by atoms with E-state index in [0.717, 1.165) is 0 Å². The molecule has 2 aromatic carbocycles. The number of carbonyl (C=O) groups is 1. The third-order valence-electron chi connectivity index (χ3n) is 8.14. The van der Waals surface area contributed by atoms with Crippen molar-refractivity contribution < 1.29 is 19.4 Å². The van der Waals surface area contributed by atoms with Gasteiger partial charge in [-0.25, -0.2) is 9.18 Å². The molecule has 4 aromatic rings. The summed E-state index contributed by atoms with van der Waals surface area (Å²) in [4.78, 5) is 39.2. The van der Waals surface area contributed by atoms with Gasteiger partial charge >= 0.3 is 5.69 Å². The number of hydrogen-bond donors (Lipinski definition) is 3. The van der Waals surface area contributed by atoms with Crippen molar-refractivity contribution >= 4 is 39.9 Å². The van der Waals surface area contributed by atoms with E-state index in [-0.39, 0.29) is 74.5 Å². The molecule has 3 N–H and O–H groups in total. The first kappa shape index (κ1) is 28.5. The minimum Gasteiger partial charge on any atom is -0.507 e. The summed E-state index contributed by atoms with van der Waals surface area (Å²) >= 11 is 6.95. The number of aromatic hydroxyl groups is 2. The van der Waals surface area contributed by atoms with Gasteiger partial charge in [-0.15, -0.1) is 0 Å². The van der Waals surface area contributed by atoms with Gasteiger partial charge in [0.2, 0.25) is 5.91 Å². The lowest BCUT2D eigenvalue weighted by molar-refractivity contribution is -0.126. The van der Waals surface area contributed by atoms with E-state index in [1.54, 1.807) is 17.2 Å². The summed E-state index contributed by atoms with van der Waals surface area (Å²) < 4.78 is 18.4. The fourth-order valence-corrected chi connectivity index (χ4v) is 6.46. The summed E-state index contributed by atoms with van der Waals surface area (Å²) in [6.07, 6.45) is 2.89. The van der Waals surface area contributed by atoms with Crippen LogP contribution in [0, 0.1) is 12.7 Å². The van der Waals surface area contributed by atoms with Gasteiger partial charge in [-0.3, -0.25) is 14.3 Å². The molecular weight excluding hydrogens is 575 g/mol. The zero-order valence-corrected chi connectivity index (χ0v) is 24.6. The number of fused-ring (bicyclic) bond motifs is 2. The third-order valence-corrected chi connectivity index (χ3v) is 8.52. The van der Waals surface area contributed by atoms with E-state index in [1.165, 1.54) is 28.8 Å². The lowest BCUT2D eigenvalue weighted by Crippen LogP contribution is -2.57. The highest BCUT2D eigenvalue weighted by molar-refractivity contribution is 6.38. The molecule has 0 radical (unpaired) electrons. The van der Waals surface area contributed by atoms with Crippen molar-refractivity contribution in [3.05, 3.63) is 75.7 Å². The number of nitrogens with zero attached hydrogens (tertiary/aromatic N) is 5. The van der Waals surface area contributed by atoms with Gasteiger partial charge in [0, 0.05) is 37.9 Å². The van der Waals surface area contributed by atoms with Crippen molar-refractivity contribution in [2.24, 2.45) is 0 Å². The Morgan fingerprint density at radius 1 is 1.21 bits per heavy atom. The fourth-order valence-electron chi connectivity index (χ4n) is 6.13. The van der Waals surface area contributed by atoms with Crippen molar-refractivity contribution in [3.8, 4) is 28.3 Å². The number of hydrogen-bond acceptors (Lipinski definition) is 8. The Morgan fingerprint density at radius 3 is 2.60 bits per heavy atom. The van der Waals surface area contributed by atoms with Crippen molar-refractivity contribution in [1.29, 1.82) is 0 Å². The van der Waals surface area contributed by atoms with E-state index < -0.39 is 11.5 Å². The molecule has 4 heterocycles. The smallest absolute Gasteiger partial charge is 0.354 e. The quantitative estimate of drug-likeness (QED) is 0.286. The van der Waals surface area contributed by atoms with Gasteiger partial charge in [0.1, 0.15) is 22.8 Å². The highest BCUT2D eigenvalue weighted by Gasteiger charge is 2.37. The average molecular weight is 605 g/mol. The van der Waals surface area contributed by atoms with Crippen molar-refractivity contribution in [2.75, 3.05) is 36.4 Å². The maximum Gasteiger partial charge on any atom is 0.354 e. The second-order valence-electron chi connectivity index (χ2n) is 11.1. The summed E-state index contributed by atoms with van der Waals surface area (Å²) in [5, 5.41) is 25.1. The highest BCUT2D eigenvalue weighted by Crippen LogP contribution is 2.50. The van der Waals surface area contributed by atoms with Crippen LogP contribution < -0.4 is 15.9 Å². The van der Waals surface area contributed by atoms with E-state index in [9.17, 15) is 19.8 Å². The minimum atomic E-state index is -0.917. The predicted octanol–water partition coefficient (Wildman–Crippen LogP) is 4.71. The van der Waals surface area contributed by atoms with Crippen LogP contribution in [-0.2, 0) is 4.79 Å². The Hall–Kier alpha value is -4.64. The number of nitrogens with one attached hydrogen (secondary N) is 1. The van der Waals surface area contributed by atoms with Crippen LogP contribution in [-0.4, -0.2) is 67.8 Å². The summed E-state index contributed by atoms with van der Waals surface area (Å²) in [5.41, 5.74) is 0.592. The van der Waals surface area contributed by atoms with E-state index in [0.29, 0.717) is 36.6 Å². The molecule has 2 aromatic heterocycles. The molecule has 1 amide bonds. The molecule has 2 aliphatic rings. The molecule has 43 heavy (non-hydrogen) atoms. The van der Waals surface area contributed by atoms with Crippen LogP contribution in [0.2, 0.25) is 5.02 Å². The lowest BCUT2D eigenvalue weighted by atomic mass is 9.98. The Labute approximate surface area is 251 Å². The number of amides is 1. The lowest BCUT2D eigenvalue weighted by Gasteiger charge is -2.41. The molecular formula is C31H30ClFN6O4. The minimum absolute atomic E-state index is 0.0964. The molecule has 2 aliphatic heterocycles. The van der Waals surface area contributed by atoms with Gasteiger partial charge in [-0.1, -0.05) is 38.1 Å². The van der Waals surface area contributed by atoms with Gasteiger partial charge in [-0.05, 0) is 42.7 Å². The first-order chi connectivity index (χ1) is 20.5. The molecule has 10 nitrogen and oxygen atoms in total. The molecule has 1 unspecified atom stereocenters. The Morgan fingerprint density at radius 2 is 1.93 bits per heavy atom. The topological polar surface area (TPSA) is 124 Å². The van der Waals surface area contributed by atoms with E-state index >= 15 is 4.39 Å². The van der Waals surface area contributed by atoms with Crippen LogP contribution in [0.4, 0.5) is 15.9 Å². The second kappa shape index (κ2) is 10.6. The molecule has 222 valence electrons. The van der Waals surface area contributed by atoms with Crippen molar-refractivity contribution in [1.82, 2.24) is 19.4 Å². The largest absolute Gasteiger partial charge is 0.507 e. The molecule has 1 atom stereocenters. The number of benzene rings is 2. The Balaban J connectivity index is 1.76. The van der Waals surface area contributed by atoms with Crippen molar-refractivity contribution in [3.63, 3.8) is 0 Å². The second-order valence-corrected chi connectivity index (χ2v) is 11.4. The normalized spacial score (nSPS) is 16.2. The zero-order valence-electron chi connectivity index (χ0n) is 23.9. The first-order valence-electron chi connectivity index (χ1n) is 13.9. The summed E-state index contributed by atoms with van der Waals surface area (Å²) in [7, 11) is 0. The zero-order chi connectivity index (χ0) is 30.7. The van der Waals surface area contributed by atoms with Gasteiger partial charge in [0.15, 0.2) is 5.82 Å². The van der Waals surface area contributed by atoms with Gasteiger partial charge in [0.25, 0.3) is 0 Å². The van der Waals surface area contributed by atoms with E-state index in [4.69, 9.17) is 11.6 Å². The number of carbonyl (C=O) groups excluding carboxylic acids is 1. The van der Waals surface area contributed by atoms with Gasteiger partial charge in [-0.2, -0.15) is 4.98 Å². The fraction of sp³-hybridized carbons (Fsp3) is 0.290. The average Bonchev–Trinajstić information content (AvgIpc) is 3.13. The number of anilines is 2. The summed E-state index contributed by atoms with van der Waals surface area (Å²) in [6.45, 7) is 10.5. The maximum absolute atomic E-state index is 17.2. The van der Waals surface area contributed by atoms with Crippen LogP contribution in [0.25, 0.3) is 27.7 Å². The van der Waals surface area contributed by atoms with E-state index in [1.807, 2.05) is 25.7 Å². The summed E-state index contributed by atoms with van der Waals surface area (Å²) in [6, 6.07) is 5.47. The number of aromatic nitrogens is 3. The number of pyridine rings is 1. The molecule has 1 fully saturated rings. The number of phenolic OH excluding ortho intramolecular Hbond substituents is 2. The van der Waals surface area contributed by atoms with Crippen LogP contribution >= 0.6 is 11.6 Å². The monoisotopic (exact) mass is 604 g/mol. The first-order valence-corrected chi connectivity index (χ1v) is 14.3.